The Kier molecular flexibility index (Phi) is 11.7. The number of nitriles is 1. The van der Waals surface area contributed by atoms with E-state index in [1.54, 1.807) is 4.68 Å². The first-order valence-corrected chi connectivity index (χ1v) is 15.9. The van der Waals surface area contributed by atoms with Crippen molar-refractivity contribution in [2.75, 3.05) is 30.0 Å². The average molecular weight is 658 g/mol. The van der Waals surface area contributed by atoms with E-state index in [9.17, 15) is 23.2 Å². The van der Waals surface area contributed by atoms with E-state index in [1.807, 2.05) is 30.3 Å². The fraction of sp³-hybridized carbons (Fsp3) is 0.514. The number of alkyl halides is 3. The van der Waals surface area contributed by atoms with Gasteiger partial charge >= 0.3 is 12.1 Å². The largest absolute Gasteiger partial charge is 0.469 e. The Balaban J connectivity index is 0.00000480. The van der Waals surface area contributed by atoms with Crippen LogP contribution in [0.1, 0.15) is 78.8 Å². The number of esters is 1. The summed E-state index contributed by atoms with van der Waals surface area (Å²) in [6.45, 7) is 4.45. The number of carbonyl (C=O) groups excluding carboxylic acids is 1. The summed E-state index contributed by atoms with van der Waals surface area (Å²) in [6, 6.07) is 12.0. The van der Waals surface area contributed by atoms with Crippen LogP contribution in [0, 0.1) is 23.2 Å². The fourth-order valence-electron chi connectivity index (χ4n) is 6.93. The molecule has 0 spiro atoms. The maximum Gasteiger partial charge on any atom is 0.416 e. The number of nitrogens with zero attached hydrogens (tertiary/aromatic N) is 5. The zero-order chi connectivity index (χ0) is 32.1. The monoisotopic (exact) mass is 657 g/mol. The van der Waals surface area contributed by atoms with E-state index < -0.39 is 11.7 Å². The van der Waals surface area contributed by atoms with Crippen LogP contribution in [0.2, 0.25) is 0 Å². The van der Waals surface area contributed by atoms with Crippen LogP contribution in [0.4, 0.5) is 24.7 Å². The second-order valence-corrected chi connectivity index (χ2v) is 12.5. The van der Waals surface area contributed by atoms with Gasteiger partial charge in [0.1, 0.15) is 0 Å². The van der Waals surface area contributed by atoms with Crippen LogP contribution in [0.5, 0.6) is 0 Å². The molecule has 0 saturated heterocycles. The van der Waals surface area contributed by atoms with Crippen LogP contribution in [0.25, 0.3) is 0 Å². The van der Waals surface area contributed by atoms with E-state index in [0.717, 1.165) is 87.8 Å². The molecule has 0 bridgehead atoms. The number of carbonyl (C=O) groups is 1. The number of fused-ring (bicyclic) bond motifs is 1. The molecule has 0 atom stereocenters. The summed E-state index contributed by atoms with van der Waals surface area (Å²) < 4.78 is 47.9. The van der Waals surface area contributed by atoms with Crippen molar-refractivity contribution in [3.63, 3.8) is 0 Å². The van der Waals surface area contributed by atoms with E-state index in [-0.39, 0.29) is 36.4 Å². The van der Waals surface area contributed by atoms with E-state index in [4.69, 9.17) is 4.74 Å². The highest BCUT2D eigenvalue weighted by atomic mass is 35.5. The molecule has 0 unspecified atom stereocenters. The Bertz CT molecular complexity index is 1540. The van der Waals surface area contributed by atoms with Gasteiger partial charge < -0.3 is 14.5 Å². The molecule has 1 fully saturated rings. The summed E-state index contributed by atoms with van der Waals surface area (Å²) in [7, 11) is 3.27. The number of aryl methyl sites for hydroxylation is 3. The van der Waals surface area contributed by atoms with Crippen LogP contribution in [-0.4, -0.2) is 35.9 Å². The normalized spacial score (nSPS) is 17.8. The molecular formula is C35H43ClF3N5O2. The minimum Gasteiger partial charge on any atom is -0.469 e. The van der Waals surface area contributed by atoms with Gasteiger partial charge in [0, 0.05) is 51.2 Å². The highest BCUT2D eigenvalue weighted by Crippen LogP contribution is 2.36. The number of benzene rings is 2. The lowest BCUT2D eigenvalue weighted by Gasteiger charge is -2.35. The fourth-order valence-corrected chi connectivity index (χ4v) is 6.93. The second-order valence-electron chi connectivity index (χ2n) is 12.5. The van der Waals surface area contributed by atoms with Crippen molar-refractivity contribution in [3.05, 3.63) is 76.0 Å². The summed E-state index contributed by atoms with van der Waals surface area (Å²) in [5.74, 6) is 0.970. The number of anilines is 2. The summed E-state index contributed by atoms with van der Waals surface area (Å²) in [5.41, 5.74) is 4.52. The molecule has 248 valence electrons. The topological polar surface area (TPSA) is 74.4 Å². The van der Waals surface area contributed by atoms with E-state index in [2.05, 4.69) is 29.1 Å². The van der Waals surface area contributed by atoms with Gasteiger partial charge in [-0.2, -0.15) is 23.5 Å². The maximum atomic E-state index is 13.7. The van der Waals surface area contributed by atoms with Crippen LogP contribution in [0.3, 0.4) is 0 Å². The summed E-state index contributed by atoms with van der Waals surface area (Å²) in [6.07, 6.45) is 5.21. The van der Waals surface area contributed by atoms with Crippen molar-refractivity contribution < 1.29 is 22.7 Å². The molecule has 0 amide bonds. The smallest absolute Gasteiger partial charge is 0.416 e. The zero-order valence-corrected chi connectivity index (χ0v) is 27.6. The molecule has 2 aliphatic carbocycles. The van der Waals surface area contributed by atoms with Gasteiger partial charge in [0.05, 0.1) is 30.2 Å². The molecule has 0 aliphatic heterocycles. The summed E-state index contributed by atoms with van der Waals surface area (Å²) in [4.78, 5) is 16.5. The van der Waals surface area contributed by atoms with Crippen molar-refractivity contribution in [1.82, 2.24) is 9.78 Å². The van der Waals surface area contributed by atoms with Gasteiger partial charge in [-0.05, 0) is 111 Å². The average Bonchev–Trinajstić information content (AvgIpc) is 3.48. The standard InChI is InChI=1S/C35H42F3N5O2.ClH/c1-4-42(21-24-9-11-27(12-10-24)34(44)45-3)32-19-29-8-6-5-7-28(29)18-30(32)23-43(33-13-14-41(2)40-33)22-26-15-25(20-39)16-31(17-26)35(36,37)38;/h13-19,24,27H,4-12,21-23H2,1-3H3;1H. The third kappa shape index (κ3) is 8.35. The third-order valence-electron chi connectivity index (χ3n) is 9.33. The van der Waals surface area contributed by atoms with Crippen molar-refractivity contribution in [2.45, 2.75) is 77.6 Å². The van der Waals surface area contributed by atoms with Crippen LogP contribution in [-0.2, 0) is 48.7 Å². The number of ether oxygens (including phenoxy) is 1. The molecule has 2 aliphatic rings. The first-order chi connectivity index (χ1) is 21.6. The highest BCUT2D eigenvalue weighted by molar-refractivity contribution is 5.85. The Labute approximate surface area is 275 Å². The number of rotatable bonds is 10. The van der Waals surface area contributed by atoms with Gasteiger partial charge in [0.2, 0.25) is 0 Å². The number of methoxy groups -OCH3 is 1. The van der Waals surface area contributed by atoms with Crippen LogP contribution >= 0.6 is 12.4 Å². The maximum absolute atomic E-state index is 13.7. The van der Waals surface area contributed by atoms with Gasteiger partial charge in [-0.15, -0.1) is 12.4 Å². The van der Waals surface area contributed by atoms with Crippen molar-refractivity contribution in [2.24, 2.45) is 18.9 Å². The van der Waals surface area contributed by atoms with Gasteiger partial charge in [0.25, 0.3) is 0 Å². The quantitative estimate of drug-likeness (QED) is 0.209. The molecule has 1 aromatic heterocycles. The van der Waals surface area contributed by atoms with Gasteiger partial charge in [-0.3, -0.25) is 9.48 Å². The van der Waals surface area contributed by atoms with E-state index in [0.29, 0.717) is 23.8 Å². The van der Waals surface area contributed by atoms with Gasteiger partial charge in [-0.25, -0.2) is 0 Å². The third-order valence-corrected chi connectivity index (χ3v) is 9.33. The molecule has 5 rings (SSSR count). The van der Waals surface area contributed by atoms with E-state index in [1.165, 1.54) is 24.3 Å². The number of halogens is 4. The molecule has 46 heavy (non-hydrogen) atoms. The van der Waals surface area contributed by atoms with Crippen molar-refractivity contribution in [3.8, 4) is 6.07 Å². The molecule has 2 aromatic carbocycles. The molecule has 0 N–H and O–H groups in total. The SMILES string of the molecule is CCN(CC1CCC(C(=O)OC)CC1)c1cc2c(cc1CN(Cc1cc(C#N)cc(C(F)(F)F)c1)c1ccn(C)n1)CCCC2.Cl. The Morgan fingerprint density at radius 1 is 1.04 bits per heavy atom. The van der Waals surface area contributed by atoms with E-state index >= 15 is 0 Å². The molecule has 7 nitrogen and oxygen atoms in total. The Hall–Kier alpha value is -3.71. The molecule has 1 saturated carbocycles. The zero-order valence-electron chi connectivity index (χ0n) is 26.8. The lowest BCUT2D eigenvalue weighted by Crippen LogP contribution is -2.34. The Morgan fingerprint density at radius 3 is 2.33 bits per heavy atom. The first-order valence-electron chi connectivity index (χ1n) is 15.9. The number of hydrogen-bond donors (Lipinski definition) is 0. The highest BCUT2D eigenvalue weighted by Gasteiger charge is 2.32. The van der Waals surface area contributed by atoms with Crippen LogP contribution in [0.15, 0.2) is 42.6 Å². The lowest BCUT2D eigenvalue weighted by molar-refractivity contribution is -0.146. The van der Waals surface area contributed by atoms with Gasteiger partial charge in [0.15, 0.2) is 5.82 Å². The summed E-state index contributed by atoms with van der Waals surface area (Å²) >= 11 is 0. The van der Waals surface area contributed by atoms with Gasteiger partial charge in [-0.1, -0.05) is 6.07 Å². The Morgan fingerprint density at radius 2 is 1.74 bits per heavy atom. The molecule has 11 heteroatoms. The number of aromatic nitrogens is 2. The first kappa shape index (κ1) is 35.1. The molecule has 0 radical (unpaired) electrons. The minimum atomic E-state index is -4.55. The predicted octanol–water partition coefficient (Wildman–Crippen LogP) is 7.62. The minimum absolute atomic E-state index is 0. The molecule has 3 aromatic rings. The molecule has 1 heterocycles. The lowest BCUT2D eigenvalue weighted by atomic mass is 9.81. The van der Waals surface area contributed by atoms with Crippen molar-refractivity contribution in [1.29, 1.82) is 5.26 Å². The summed E-state index contributed by atoms with van der Waals surface area (Å²) in [5, 5.41) is 14.1. The number of hydrogen-bond acceptors (Lipinski definition) is 6. The second kappa shape index (κ2) is 15.3. The molecular weight excluding hydrogens is 615 g/mol. The van der Waals surface area contributed by atoms with Crippen molar-refractivity contribution >= 4 is 29.9 Å². The van der Waals surface area contributed by atoms with Crippen LogP contribution < -0.4 is 9.80 Å². The predicted molar refractivity (Wildman–Crippen MR) is 175 cm³/mol.